The normalized spacial score (nSPS) is 11.1. The minimum atomic E-state index is -0.990. The van der Waals surface area contributed by atoms with E-state index in [9.17, 15) is 9.90 Å². The number of ether oxygens (including phenoxy) is 1. The van der Waals surface area contributed by atoms with Gasteiger partial charge in [0.15, 0.2) is 0 Å². The van der Waals surface area contributed by atoms with Crippen LogP contribution in [0, 0.1) is 0 Å². The average Bonchev–Trinajstić information content (AvgIpc) is 2.46. The molecule has 2 aromatic rings. The highest BCUT2D eigenvalue weighted by Gasteiger charge is 2.10. The van der Waals surface area contributed by atoms with Crippen LogP contribution >= 0.6 is 0 Å². The predicted octanol–water partition coefficient (Wildman–Crippen LogP) is 2.72. The van der Waals surface area contributed by atoms with E-state index in [1.165, 1.54) is 0 Å². The van der Waals surface area contributed by atoms with Crippen molar-refractivity contribution in [2.75, 3.05) is 7.11 Å². The summed E-state index contributed by atoms with van der Waals surface area (Å²) in [6, 6.07) is 12.2. The van der Waals surface area contributed by atoms with Crippen molar-refractivity contribution in [3.05, 3.63) is 59.9 Å². The van der Waals surface area contributed by atoms with Crippen LogP contribution in [0.15, 0.2) is 48.7 Å². The second kappa shape index (κ2) is 5.82. The number of methoxy groups -OCH3 is 1. The molecule has 0 unspecified atom stereocenters. The average molecular weight is 255 g/mol. The lowest BCUT2D eigenvalue weighted by molar-refractivity contribution is -0.130. The number of aromatic nitrogens is 1. The zero-order chi connectivity index (χ0) is 13.7. The lowest BCUT2D eigenvalue weighted by Gasteiger charge is -2.04. The molecule has 0 radical (unpaired) electrons. The van der Waals surface area contributed by atoms with E-state index in [0.717, 1.165) is 0 Å². The van der Waals surface area contributed by atoms with Crippen LogP contribution in [-0.2, 0) is 4.79 Å². The van der Waals surface area contributed by atoms with Gasteiger partial charge in [0.2, 0.25) is 0 Å². The largest absolute Gasteiger partial charge is 0.497 e. The molecule has 4 nitrogen and oxygen atoms in total. The maximum atomic E-state index is 11.3. The van der Waals surface area contributed by atoms with E-state index in [0.29, 0.717) is 17.0 Å². The molecule has 0 aliphatic carbocycles. The van der Waals surface area contributed by atoms with Crippen molar-refractivity contribution in [2.24, 2.45) is 0 Å². The maximum absolute atomic E-state index is 11.3. The van der Waals surface area contributed by atoms with Crippen molar-refractivity contribution >= 4 is 17.6 Å². The Balaban J connectivity index is 2.40. The standard InChI is InChI=1S/C15H13NO3/c1-19-13-7-5-11(6-8-13)14(15(17)18)10-12-4-2-3-9-16-12/h2-10H,1H3,(H,17,18)/b14-10+. The van der Waals surface area contributed by atoms with Gasteiger partial charge >= 0.3 is 5.97 Å². The smallest absolute Gasteiger partial charge is 0.336 e. The van der Waals surface area contributed by atoms with Crippen LogP contribution in [-0.4, -0.2) is 23.2 Å². The van der Waals surface area contributed by atoms with Crippen LogP contribution < -0.4 is 4.74 Å². The minimum Gasteiger partial charge on any atom is -0.497 e. The molecule has 4 heteroatoms. The highest BCUT2D eigenvalue weighted by Crippen LogP contribution is 2.20. The van der Waals surface area contributed by atoms with E-state index in [-0.39, 0.29) is 5.57 Å². The summed E-state index contributed by atoms with van der Waals surface area (Å²) in [5.41, 5.74) is 1.41. The van der Waals surface area contributed by atoms with Crippen LogP contribution in [0.2, 0.25) is 0 Å². The fourth-order valence-corrected chi connectivity index (χ4v) is 1.65. The molecule has 1 N–H and O–H groups in total. The van der Waals surface area contributed by atoms with Gasteiger partial charge in [-0.2, -0.15) is 0 Å². The third kappa shape index (κ3) is 3.19. The van der Waals surface area contributed by atoms with Crippen LogP contribution in [0.3, 0.4) is 0 Å². The highest BCUT2D eigenvalue weighted by atomic mass is 16.5. The second-order valence-electron chi connectivity index (χ2n) is 3.85. The number of pyridine rings is 1. The van der Waals surface area contributed by atoms with Crippen molar-refractivity contribution in [3.63, 3.8) is 0 Å². The zero-order valence-corrected chi connectivity index (χ0v) is 10.4. The van der Waals surface area contributed by atoms with Gasteiger partial charge in [-0.1, -0.05) is 18.2 Å². The number of hydrogen-bond acceptors (Lipinski definition) is 3. The van der Waals surface area contributed by atoms with E-state index < -0.39 is 5.97 Å². The lowest BCUT2D eigenvalue weighted by Crippen LogP contribution is -2.00. The number of benzene rings is 1. The summed E-state index contributed by atoms with van der Waals surface area (Å²) in [5.74, 6) is -0.304. The lowest BCUT2D eigenvalue weighted by atomic mass is 10.0. The van der Waals surface area contributed by atoms with Crippen LogP contribution in [0.5, 0.6) is 5.75 Å². The van der Waals surface area contributed by atoms with Crippen molar-refractivity contribution in [2.45, 2.75) is 0 Å². The molecule has 0 spiro atoms. The van der Waals surface area contributed by atoms with Gasteiger partial charge in [0.25, 0.3) is 0 Å². The third-order valence-corrected chi connectivity index (χ3v) is 2.61. The third-order valence-electron chi connectivity index (χ3n) is 2.61. The summed E-state index contributed by atoms with van der Waals surface area (Å²) in [6.07, 6.45) is 3.17. The number of rotatable bonds is 4. The Morgan fingerprint density at radius 3 is 2.47 bits per heavy atom. The summed E-state index contributed by atoms with van der Waals surface area (Å²) in [6.45, 7) is 0. The molecule has 0 aliphatic rings. The predicted molar refractivity (Wildman–Crippen MR) is 72.7 cm³/mol. The van der Waals surface area contributed by atoms with Gasteiger partial charge in [-0.3, -0.25) is 4.98 Å². The van der Waals surface area contributed by atoms with Gasteiger partial charge < -0.3 is 9.84 Å². The molecule has 0 fully saturated rings. The summed E-state index contributed by atoms with van der Waals surface area (Å²) in [5, 5.41) is 9.29. The molecule has 0 aliphatic heterocycles. The Morgan fingerprint density at radius 1 is 1.21 bits per heavy atom. The first-order valence-corrected chi connectivity index (χ1v) is 5.71. The van der Waals surface area contributed by atoms with Crippen LogP contribution in [0.4, 0.5) is 0 Å². The van der Waals surface area contributed by atoms with E-state index in [4.69, 9.17) is 4.74 Å². The molecule has 1 heterocycles. The zero-order valence-electron chi connectivity index (χ0n) is 10.4. The highest BCUT2D eigenvalue weighted by molar-refractivity contribution is 6.20. The Labute approximate surface area is 111 Å². The van der Waals surface area contributed by atoms with E-state index in [1.54, 1.807) is 55.8 Å². The molecule has 1 aromatic carbocycles. The van der Waals surface area contributed by atoms with Crippen LogP contribution in [0.25, 0.3) is 11.6 Å². The molecule has 19 heavy (non-hydrogen) atoms. The van der Waals surface area contributed by atoms with Crippen LogP contribution in [0.1, 0.15) is 11.3 Å². The maximum Gasteiger partial charge on any atom is 0.336 e. The summed E-state index contributed by atoms with van der Waals surface area (Å²) in [7, 11) is 1.57. The first kappa shape index (κ1) is 12.8. The summed E-state index contributed by atoms with van der Waals surface area (Å²) in [4.78, 5) is 15.4. The molecule has 0 bridgehead atoms. The first-order valence-electron chi connectivity index (χ1n) is 5.71. The Kier molecular flexibility index (Phi) is 3.93. The first-order chi connectivity index (χ1) is 9.20. The number of aliphatic carboxylic acids is 1. The fourth-order valence-electron chi connectivity index (χ4n) is 1.65. The number of hydrogen-bond donors (Lipinski definition) is 1. The Bertz CT molecular complexity index is 589. The molecule has 0 saturated carbocycles. The molecule has 0 saturated heterocycles. The molecule has 1 aromatic heterocycles. The molecule has 96 valence electrons. The van der Waals surface area contributed by atoms with E-state index >= 15 is 0 Å². The quantitative estimate of drug-likeness (QED) is 0.853. The number of carboxylic acid groups (broad SMARTS) is 1. The molecular formula is C15H13NO3. The molecule has 2 rings (SSSR count). The van der Waals surface area contributed by atoms with Crippen molar-refractivity contribution in [1.82, 2.24) is 4.98 Å². The number of carbonyl (C=O) groups is 1. The SMILES string of the molecule is COc1ccc(/C(=C\c2ccccn2)C(=O)O)cc1. The Morgan fingerprint density at radius 2 is 1.95 bits per heavy atom. The minimum absolute atomic E-state index is 0.196. The molecule has 0 atom stereocenters. The van der Waals surface area contributed by atoms with Crippen molar-refractivity contribution in [3.8, 4) is 5.75 Å². The van der Waals surface area contributed by atoms with Gasteiger partial charge in [0.05, 0.1) is 18.4 Å². The fraction of sp³-hybridized carbons (Fsp3) is 0.0667. The monoisotopic (exact) mass is 255 g/mol. The van der Waals surface area contributed by atoms with E-state index in [2.05, 4.69) is 4.98 Å². The topological polar surface area (TPSA) is 59.4 Å². The summed E-state index contributed by atoms with van der Waals surface area (Å²) < 4.78 is 5.05. The number of carboxylic acids is 1. The van der Waals surface area contributed by atoms with Gasteiger partial charge in [-0.25, -0.2) is 4.79 Å². The van der Waals surface area contributed by atoms with Crippen molar-refractivity contribution in [1.29, 1.82) is 0 Å². The van der Waals surface area contributed by atoms with E-state index in [1.807, 2.05) is 6.07 Å². The van der Waals surface area contributed by atoms with Gasteiger partial charge in [-0.15, -0.1) is 0 Å². The number of nitrogens with zero attached hydrogens (tertiary/aromatic N) is 1. The second-order valence-corrected chi connectivity index (χ2v) is 3.85. The summed E-state index contributed by atoms with van der Waals surface area (Å²) >= 11 is 0. The molecular weight excluding hydrogens is 242 g/mol. The van der Waals surface area contributed by atoms with Gasteiger partial charge in [0, 0.05) is 6.20 Å². The van der Waals surface area contributed by atoms with Crippen molar-refractivity contribution < 1.29 is 14.6 Å². The molecule has 0 amide bonds. The Hall–Kier alpha value is -2.62. The van der Waals surface area contributed by atoms with Gasteiger partial charge in [0.1, 0.15) is 5.75 Å². The van der Waals surface area contributed by atoms with Gasteiger partial charge in [-0.05, 0) is 35.9 Å².